The van der Waals surface area contributed by atoms with E-state index in [-0.39, 0.29) is 0 Å². The van der Waals surface area contributed by atoms with E-state index < -0.39 is 11.6 Å². The molecule has 0 N–H and O–H groups in total. The van der Waals surface area contributed by atoms with E-state index in [0.717, 1.165) is 17.0 Å². The van der Waals surface area contributed by atoms with E-state index in [1.165, 1.54) is 50.2 Å². The van der Waals surface area contributed by atoms with Crippen LogP contribution < -0.4 is 0 Å². The van der Waals surface area contributed by atoms with Crippen LogP contribution in [0.1, 0.15) is 56.9 Å². The van der Waals surface area contributed by atoms with Crippen molar-refractivity contribution in [1.82, 2.24) is 0 Å². The van der Waals surface area contributed by atoms with Crippen LogP contribution in [-0.4, -0.2) is 0 Å². The molecule has 1 aliphatic rings. The SMILES string of the molecule is CCCC1CCC(c2ccc(-c3cc(F)c(F)c(I)c3)cc2)CC1. The molecular formula is C21H23F2I. The van der Waals surface area contributed by atoms with Gasteiger partial charge in [0.05, 0.1) is 3.57 Å². The quantitative estimate of drug-likeness (QED) is 0.346. The van der Waals surface area contributed by atoms with E-state index in [9.17, 15) is 8.78 Å². The second kappa shape index (κ2) is 7.94. The van der Waals surface area contributed by atoms with Gasteiger partial charge in [-0.2, -0.15) is 0 Å². The van der Waals surface area contributed by atoms with Gasteiger partial charge in [-0.25, -0.2) is 8.78 Å². The third-order valence-corrected chi connectivity index (χ3v) is 6.03. The molecule has 0 heterocycles. The summed E-state index contributed by atoms with van der Waals surface area (Å²) >= 11 is 1.84. The monoisotopic (exact) mass is 440 g/mol. The first-order valence-electron chi connectivity index (χ1n) is 8.83. The molecule has 1 aliphatic carbocycles. The summed E-state index contributed by atoms with van der Waals surface area (Å²) in [6.45, 7) is 2.27. The normalized spacial score (nSPS) is 21.0. The van der Waals surface area contributed by atoms with E-state index in [4.69, 9.17) is 0 Å². The molecule has 0 saturated heterocycles. The fraction of sp³-hybridized carbons (Fsp3) is 0.429. The van der Waals surface area contributed by atoms with Crippen molar-refractivity contribution in [3.05, 3.63) is 57.2 Å². The number of hydrogen-bond acceptors (Lipinski definition) is 0. The standard InChI is InChI=1S/C21H23F2I/c1-2-3-14-4-6-15(7-5-14)16-8-10-17(11-9-16)18-12-19(22)21(23)20(24)13-18/h8-15H,2-7H2,1H3. The van der Waals surface area contributed by atoms with Gasteiger partial charge in [0.2, 0.25) is 0 Å². The maximum atomic E-state index is 13.6. The Kier molecular flexibility index (Phi) is 5.90. The summed E-state index contributed by atoms with van der Waals surface area (Å²) in [5, 5.41) is 0. The van der Waals surface area contributed by atoms with Crippen LogP contribution in [0.25, 0.3) is 11.1 Å². The third kappa shape index (κ3) is 3.98. The van der Waals surface area contributed by atoms with Gasteiger partial charge in [-0.1, -0.05) is 44.0 Å². The molecule has 0 amide bonds. The van der Waals surface area contributed by atoms with E-state index in [1.54, 1.807) is 6.07 Å². The first-order chi connectivity index (χ1) is 11.6. The first kappa shape index (κ1) is 17.8. The minimum atomic E-state index is -0.782. The predicted molar refractivity (Wildman–Crippen MR) is 104 cm³/mol. The molecule has 128 valence electrons. The molecule has 0 nitrogen and oxygen atoms in total. The lowest BCUT2D eigenvalue weighted by molar-refractivity contribution is 0.308. The van der Waals surface area contributed by atoms with Crippen LogP contribution in [0.15, 0.2) is 36.4 Å². The summed E-state index contributed by atoms with van der Waals surface area (Å²) in [6, 6.07) is 11.4. The molecule has 0 bridgehead atoms. The van der Waals surface area contributed by atoms with Crippen LogP contribution in [0, 0.1) is 21.1 Å². The van der Waals surface area contributed by atoms with Gasteiger partial charge in [-0.05, 0) is 88.9 Å². The topological polar surface area (TPSA) is 0 Å². The summed E-state index contributed by atoms with van der Waals surface area (Å²) in [5.41, 5.74) is 3.05. The Labute approximate surface area is 156 Å². The van der Waals surface area contributed by atoms with Crippen LogP contribution in [0.4, 0.5) is 8.78 Å². The van der Waals surface area contributed by atoms with Gasteiger partial charge in [-0.15, -0.1) is 0 Å². The predicted octanol–water partition coefficient (Wildman–Crippen LogP) is 7.31. The highest BCUT2D eigenvalue weighted by atomic mass is 127. The molecular weight excluding hydrogens is 417 g/mol. The maximum Gasteiger partial charge on any atom is 0.172 e. The number of benzene rings is 2. The van der Waals surface area contributed by atoms with Crippen molar-refractivity contribution in [3.63, 3.8) is 0 Å². The molecule has 2 aromatic carbocycles. The Balaban J connectivity index is 1.72. The summed E-state index contributed by atoms with van der Waals surface area (Å²) < 4.78 is 27.4. The van der Waals surface area contributed by atoms with E-state index in [1.807, 2.05) is 34.7 Å². The van der Waals surface area contributed by atoms with Gasteiger partial charge in [0.1, 0.15) is 0 Å². The minimum absolute atomic E-state index is 0.320. The fourth-order valence-corrected chi connectivity index (χ4v) is 4.46. The Hall–Kier alpha value is -0.970. The molecule has 0 atom stereocenters. The second-order valence-electron chi connectivity index (χ2n) is 6.88. The molecule has 1 fully saturated rings. The van der Waals surface area contributed by atoms with Crippen LogP contribution in [0.2, 0.25) is 0 Å². The van der Waals surface area contributed by atoms with Gasteiger partial charge >= 0.3 is 0 Å². The average molecular weight is 440 g/mol. The van der Waals surface area contributed by atoms with Gasteiger partial charge in [0.25, 0.3) is 0 Å². The van der Waals surface area contributed by atoms with Gasteiger partial charge in [0, 0.05) is 0 Å². The average Bonchev–Trinajstić information content (AvgIpc) is 2.60. The van der Waals surface area contributed by atoms with Crippen molar-refractivity contribution in [2.45, 2.75) is 51.4 Å². The number of halogens is 3. The molecule has 0 radical (unpaired) electrons. The van der Waals surface area contributed by atoms with Crippen molar-refractivity contribution in [2.75, 3.05) is 0 Å². The lowest BCUT2D eigenvalue weighted by atomic mass is 9.77. The Bertz CT molecular complexity index is 662. The van der Waals surface area contributed by atoms with Crippen LogP contribution >= 0.6 is 22.6 Å². The lowest BCUT2D eigenvalue weighted by Crippen LogP contribution is -2.13. The van der Waals surface area contributed by atoms with Crippen LogP contribution in [0.3, 0.4) is 0 Å². The van der Waals surface area contributed by atoms with E-state index in [0.29, 0.717) is 9.49 Å². The van der Waals surface area contributed by atoms with Crippen molar-refractivity contribution in [2.24, 2.45) is 5.92 Å². The molecule has 0 aliphatic heterocycles. The molecule has 2 aromatic rings. The van der Waals surface area contributed by atoms with Crippen molar-refractivity contribution >= 4 is 22.6 Å². The zero-order valence-corrected chi connectivity index (χ0v) is 16.2. The summed E-state index contributed by atoms with van der Waals surface area (Å²) in [7, 11) is 0. The fourth-order valence-electron chi connectivity index (χ4n) is 3.86. The smallest absolute Gasteiger partial charge is 0.172 e. The number of hydrogen-bond donors (Lipinski definition) is 0. The van der Waals surface area contributed by atoms with E-state index in [2.05, 4.69) is 19.1 Å². The zero-order valence-electron chi connectivity index (χ0n) is 14.0. The van der Waals surface area contributed by atoms with Gasteiger partial charge in [0.15, 0.2) is 11.6 Å². The maximum absolute atomic E-state index is 13.6. The van der Waals surface area contributed by atoms with Crippen LogP contribution in [0.5, 0.6) is 0 Å². The summed E-state index contributed by atoms with van der Waals surface area (Å²) in [5.74, 6) is 0.0158. The first-order valence-corrected chi connectivity index (χ1v) is 9.91. The third-order valence-electron chi connectivity index (χ3n) is 5.24. The number of rotatable bonds is 4. The zero-order chi connectivity index (χ0) is 17.1. The lowest BCUT2D eigenvalue weighted by Gasteiger charge is -2.28. The van der Waals surface area contributed by atoms with Gasteiger partial charge < -0.3 is 0 Å². The molecule has 24 heavy (non-hydrogen) atoms. The van der Waals surface area contributed by atoms with E-state index >= 15 is 0 Å². The Morgan fingerprint density at radius 2 is 1.62 bits per heavy atom. The molecule has 3 heteroatoms. The molecule has 1 saturated carbocycles. The Morgan fingerprint density at radius 1 is 0.958 bits per heavy atom. The van der Waals surface area contributed by atoms with Crippen LogP contribution in [-0.2, 0) is 0 Å². The highest BCUT2D eigenvalue weighted by Gasteiger charge is 2.21. The van der Waals surface area contributed by atoms with Crippen molar-refractivity contribution in [3.8, 4) is 11.1 Å². The second-order valence-corrected chi connectivity index (χ2v) is 8.04. The molecule has 3 rings (SSSR count). The summed E-state index contributed by atoms with van der Waals surface area (Å²) in [6.07, 6.45) is 7.86. The molecule has 0 spiro atoms. The van der Waals surface area contributed by atoms with Crippen molar-refractivity contribution < 1.29 is 8.78 Å². The Morgan fingerprint density at radius 3 is 2.21 bits per heavy atom. The minimum Gasteiger partial charge on any atom is -0.204 e. The van der Waals surface area contributed by atoms with Gasteiger partial charge in [-0.3, -0.25) is 0 Å². The summed E-state index contributed by atoms with van der Waals surface area (Å²) in [4.78, 5) is 0. The molecule has 0 aromatic heterocycles. The van der Waals surface area contributed by atoms with Crippen molar-refractivity contribution in [1.29, 1.82) is 0 Å². The highest BCUT2D eigenvalue weighted by molar-refractivity contribution is 14.1. The highest BCUT2D eigenvalue weighted by Crippen LogP contribution is 2.38. The molecule has 0 unspecified atom stereocenters. The largest absolute Gasteiger partial charge is 0.204 e.